The first-order chi connectivity index (χ1) is 14.3. The van der Waals surface area contributed by atoms with Crippen LogP contribution in [0.1, 0.15) is 5.56 Å². The molecule has 0 atom stereocenters. The van der Waals surface area contributed by atoms with Gasteiger partial charge in [0, 0.05) is 5.56 Å². The Morgan fingerprint density at radius 2 is 1.37 bits per heavy atom. The van der Waals surface area contributed by atoms with Crippen molar-refractivity contribution in [1.82, 2.24) is 0 Å². The van der Waals surface area contributed by atoms with Crippen LogP contribution in [-0.4, -0.2) is 23.4 Å². The molecule has 1 aliphatic rings. The summed E-state index contributed by atoms with van der Waals surface area (Å²) in [5.41, 5.74) is 1.26. The maximum Gasteiger partial charge on any atom is 0.268 e. The first kappa shape index (κ1) is 20.1. The second-order valence-electron chi connectivity index (χ2n) is 6.58. The highest BCUT2D eigenvalue weighted by Crippen LogP contribution is 2.36. The van der Waals surface area contributed by atoms with Crippen molar-refractivity contribution in [2.75, 3.05) is 10.9 Å². The van der Waals surface area contributed by atoms with Gasteiger partial charge in [-0.1, -0.05) is 36.4 Å². The molecule has 1 aliphatic heterocycles. The molecule has 9 heteroatoms. The summed E-state index contributed by atoms with van der Waals surface area (Å²) in [4.78, 5) is -0.128. The minimum Gasteiger partial charge on any atom is -0.487 e. The van der Waals surface area contributed by atoms with E-state index in [0.717, 1.165) is 0 Å². The van der Waals surface area contributed by atoms with Gasteiger partial charge in [-0.3, -0.25) is 0 Å². The summed E-state index contributed by atoms with van der Waals surface area (Å²) in [6, 6.07) is 21.5. The second-order valence-corrected chi connectivity index (χ2v) is 9.99. The van der Waals surface area contributed by atoms with Crippen LogP contribution in [0.15, 0.2) is 88.7 Å². The zero-order valence-electron chi connectivity index (χ0n) is 15.7. The van der Waals surface area contributed by atoms with Crippen LogP contribution in [0.3, 0.4) is 0 Å². The third-order valence-electron chi connectivity index (χ3n) is 4.55. The molecule has 0 spiro atoms. The van der Waals surface area contributed by atoms with Crippen LogP contribution in [0.25, 0.3) is 6.08 Å². The minimum atomic E-state index is -4.03. The van der Waals surface area contributed by atoms with Crippen LogP contribution in [0.5, 0.6) is 5.75 Å². The van der Waals surface area contributed by atoms with Crippen molar-refractivity contribution in [3.05, 3.63) is 89.3 Å². The van der Waals surface area contributed by atoms with Gasteiger partial charge in [0.1, 0.15) is 17.3 Å². The molecule has 7 nitrogen and oxygen atoms in total. The Hall–Kier alpha value is -3.14. The Bertz CT molecular complexity index is 1280. The molecule has 0 aromatic heterocycles. The van der Waals surface area contributed by atoms with E-state index in [1.165, 1.54) is 28.6 Å². The van der Waals surface area contributed by atoms with Crippen molar-refractivity contribution >= 4 is 37.5 Å². The summed E-state index contributed by atoms with van der Waals surface area (Å²) in [7, 11) is -7.97. The molecular formula is C21H18N2O5S2. The number of para-hydroxylation sites is 2. The first-order valence-corrected chi connectivity index (χ1v) is 11.9. The Balaban J connectivity index is 1.85. The van der Waals surface area contributed by atoms with Crippen molar-refractivity contribution in [3.63, 3.8) is 0 Å². The van der Waals surface area contributed by atoms with Gasteiger partial charge in [0.2, 0.25) is 10.0 Å². The van der Waals surface area contributed by atoms with Crippen molar-refractivity contribution in [1.29, 1.82) is 0 Å². The highest BCUT2D eigenvalue weighted by molar-refractivity contribution is 7.97. The average Bonchev–Trinajstić information content (AvgIpc) is 2.74. The topological polar surface area (TPSA) is 107 Å². The molecule has 154 valence electrons. The molecule has 4 rings (SSSR count). The van der Waals surface area contributed by atoms with E-state index >= 15 is 0 Å². The monoisotopic (exact) mass is 442 g/mol. The number of nitrogens with two attached hydrogens (primary N) is 1. The molecule has 0 saturated heterocycles. The number of anilines is 2. The molecule has 0 fully saturated rings. The highest BCUT2D eigenvalue weighted by atomic mass is 32.2. The lowest BCUT2D eigenvalue weighted by atomic mass is 10.1. The molecule has 0 aliphatic carbocycles. The van der Waals surface area contributed by atoms with E-state index in [-0.39, 0.29) is 16.4 Å². The van der Waals surface area contributed by atoms with Gasteiger partial charge >= 0.3 is 0 Å². The zero-order valence-corrected chi connectivity index (χ0v) is 17.3. The van der Waals surface area contributed by atoms with Gasteiger partial charge < -0.3 is 4.74 Å². The van der Waals surface area contributed by atoms with Gasteiger partial charge in [-0.2, -0.15) is 0 Å². The Labute approximate surface area is 175 Å². The molecule has 3 aromatic rings. The number of hydrogen-bond acceptors (Lipinski definition) is 5. The summed E-state index contributed by atoms with van der Waals surface area (Å²) in [6.07, 6.45) is 1.42. The lowest BCUT2D eigenvalue weighted by Crippen LogP contribution is -2.30. The second kappa shape index (κ2) is 7.60. The predicted octanol–water partition coefficient (Wildman–Crippen LogP) is 3.24. The van der Waals surface area contributed by atoms with E-state index in [1.807, 2.05) is 0 Å². The van der Waals surface area contributed by atoms with Crippen LogP contribution < -0.4 is 14.2 Å². The molecule has 1 heterocycles. The molecule has 0 bridgehead atoms. The quantitative estimate of drug-likeness (QED) is 0.653. The SMILES string of the molecule is NS(=O)(=O)c1ccc2c(c1)C=C(S(=O)(=O)N(c1ccccc1)c1ccccc1)CO2. The summed E-state index contributed by atoms with van der Waals surface area (Å²) in [5, 5.41) is 5.19. The third kappa shape index (κ3) is 3.82. The lowest BCUT2D eigenvalue weighted by Gasteiger charge is -2.27. The van der Waals surface area contributed by atoms with Crippen LogP contribution in [0.2, 0.25) is 0 Å². The van der Waals surface area contributed by atoms with E-state index in [1.54, 1.807) is 60.7 Å². The third-order valence-corrected chi connectivity index (χ3v) is 7.26. The summed E-state index contributed by atoms with van der Waals surface area (Å²) in [5.74, 6) is 0.382. The van der Waals surface area contributed by atoms with Crippen molar-refractivity contribution in [3.8, 4) is 5.75 Å². The first-order valence-electron chi connectivity index (χ1n) is 8.92. The van der Waals surface area contributed by atoms with Crippen LogP contribution >= 0.6 is 0 Å². The molecule has 0 amide bonds. The fourth-order valence-corrected chi connectivity index (χ4v) is 5.20. The van der Waals surface area contributed by atoms with Crippen LogP contribution in [0.4, 0.5) is 11.4 Å². The van der Waals surface area contributed by atoms with E-state index in [2.05, 4.69) is 0 Å². The summed E-state index contributed by atoms with van der Waals surface area (Å²) in [6.45, 7) is -0.180. The number of nitrogens with zero attached hydrogens (tertiary/aromatic N) is 1. The number of benzene rings is 3. The van der Waals surface area contributed by atoms with E-state index in [4.69, 9.17) is 9.88 Å². The predicted molar refractivity (Wildman–Crippen MR) is 115 cm³/mol. The molecule has 0 unspecified atom stereocenters. The summed E-state index contributed by atoms with van der Waals surface area (Å²) >= 11 is 0. The maximum atomic E-state index is 13.6. The average molecular weight is 443 g/mol. The summed E-state index contributed by atoms with van der Waals surface area (Å²) < 4.78 is 57.4. The minimum absolute atomic E-state index is 0.00530. The van der Waals surface area contributed by atoms with E-state index < -0.39 is 20.0 Å². The van der Waals surface area contributed by atoms with Crippen molar-refractivity contribution in [2.45, 2.75) is 4.90 Å². The molecule has 0 saturated carbocycles. The lowest BCUT2D eigenvalue weighted by molar-refractivity contribution is 0.353. The van der Waals surface area contributed by atoms with Gasteiger partial charge in [0.25, 0.3) is 10.0 Å². The molecule has 0 radical (unpaired) electrons. The number of fused-ring (bicyclic) bond motifs is 1. The fraction of sp³-hybridized carbons (Fsp3) is 0.0476. The number of hydrogen-bond donors (Lipinski definition) is 1. The standard InChI is InChI=1S/C21H18N2O5S2/c22-29(24,25)19-11-12-21-16(13-19)14-20(15-28-21)30(26,27)23(17-7-3-1-4-8-17)18-9-5-2-6-10-18/h1-14H,15H2,(H2,22,24,25). The number of sulfonamides is 2. The Morgan fingerprint density at radius 1 is 0.800 bits per heavy atom. The van der Waals surface area contributed by atoms with Crippen molar-refractivity contribution in [2.24, 2.45) is 5.14 Å². The van der Waals surface area contributed by atoms with E-state index in [9.17, 15) is 16.8 Å². The number of rotatable bonds is 5. The number of ether oxygens (including phenoxy) is 1. The van der Waals surface area contributed by atoms with Gasteiger partial charge in [-0.15, -0.1) is 0 Å². The molecule has 3 aromatic carbocycles. The van der Waals surface area contributed by atoms with Crippen LogP contribution in [0, 0.1) is 0 Å². The Kier molecular flexibility index (Phi) is 5.10. The van der Waals surface area contributed by atoms with Gasteiger partial charge in [-0.05, 0) is 48.5 Å². The van der Waals surface area contributed by atoms with Gasteiger partial charge in [0.15, 0.2) is 0 Å². The molecular weight excluding hydrogens is 424 g/mol. The Morgan fingerprint density at radius 3 is 1.90 bits per heavy atom. The largest absolute Gasteiger partial charge is 0.487 e. The maximum absolute atomic E-state index is 13.6. The van der Waals surface area contributed by atoms with Gasteiger partial charge in [-0.25, -0.2) is 26.3 Å². The van der Waals surface area contributed by atoms with Crippen LogP contribution in [-0.2, 0) is 20.0 Å². The molecule has 30 heavy (non-hydrogen) atoms. The fourth-order valence-electron chi connectivity index (χ4n) is 3.13. The molecule has 2 N–H and O–H groups in total. The zero-order chi connectivity index (χ0) is 21.4. The van der Waals surface area contributed by atoms with Crippen molar-refractivity contribution < 1.29 is 21.6 Å². The number of primary sulfonamides is 1. The smallest absolute Gasteiger partial charge is 0.268 e. The van der Waals surface area contributed by atoms with E-state index in [0.29, 0.717) is 22.7 Å². The normalized spacial score (nSPS) is 13.7. The van der Waals surface area contributed by atoms with Gasteiger partial charge in [0.05, 0.1) is 16.3 Å². The highest BCUT2D eigenvalue weighted by Gasteiger charge is 2.31.